The second kappa shape index (κ2) is 14.4. The molecule has 0 aliphatic rings. The van der Waals surface area contributed by atoms with Gasteiger partial charge in [-0.05, 0) is 26.8 Å². The molecule has 8 heteroatoms. The van der Waals surface area contributed by atoms with Crippen LogP contribution in [0.25, 0.3) is 0 Å². The van der Waals surface area contributed by atoms with E-state index in [-0.39, 0.29) is 42.4 Å². The fourth-order valence-corrected chi connectivity index (χ4v) is 2.13. The van der Waals surface area contributed by atoms with Gasteiger partial charge in [0.2, 0.25) is 11.8 Å². The van der Waals surface area contributed by atoms with Crippen molar-refractivity contribution in [2.24, 2.45) is 5.92 Å². The lowest BCUT2D eigenvalue weighted by Crippen LogP contribution is -2.42. The summed E-state index contributed by atoms with van der Waals surface area (Å²) in [5.74, 6) is -0.0725. The van der Waals surface area contributed by atoms with Crippen molar-refractivity contribution in [3.05, 3.63) is 0 Å². The van der Waals surface area contributed by atoms with E-state index in [9.17, 15) is 19.2 Å². The highest BCUT2D eigenvalue weighted by molar-refractivity contribution is 5.85. The molecule has 26 heavy (non-hydrogen) atoms. The van der Waals surface area contributed by atoms with Crippen molar-refractivity contribution in [2.75, 3.05) is 33.2 Å². The molecule has 2 amide bonds. The maximum Gasteiger partial charge on any atom is 0.233 e. The number of carbonyl (C=O) groups is 4. The number of likely N-dealkylation sites (N-methyl/N-ethyl adjacent to an activating group) is 1. The van der Waals surface area contributed by atoms with Crippen LogP contribution < -0.4 is 21.3 Å². The van der Waals surface area contributed by atoms with E-state index < -0.39 is 6.04 Å². The van der Waals surface area contributed by atoms with Gasteiger partial charge in [-0.15, -0.1) is 0 Å². The van der Waals surface area contributed by atoms with E-state index in [1.165, 1.54) is 0 Å². The summed E-state index contributed by atoms with van der Waals surface area (Å²) in [6, 6.07) is -0.420. The highest BCUT2D eigenvalue weighted by Gasteiger charge is 2.13. The molecule has 0 heterocycles. The fourth-order valence-electron chi connectivity index (χ4n) is 2.13. The van der Waals surface area contributed by atoms with Gasteiger partial charge in [-0.3, -0.25) is 24.5 Å². The summed E-state index contributed by atoms with van der Waals surface area (Å²) < 4.78 is 0. The van der Waals surface area contributed by atoms with Gasteiger partial charge in [0.15, 0.2) is 0 Å². The molecule has 0 aliphatic carbocycles. The number of amides is 2. The van der Waals surface area contributed by atoms with Gasteiger partial charge < -0.3 is 16.0 Å². The van der Waals surface area contributed by atoms with E-state index in [0.717, 1.165) is 0 Å². The molecule has 4 N–H and O–H groups in total. The van der Waals surface area contributed by atoms with Crippen molar-refractivity contribution in [3.63, 3.8) is 0 Å². The minimum Gasteiger partial charge on any atom is -0.355 e. The zero-order valence-electron chi connectivity index (χ0n) is 16.4. The van der Waals surface area contributed by atoms with Gasteiger partial charge in [0.1, 0.15) is 11.6 Å². The Hall–Kier alpha value is -1.80. The molecule has 0 aromatic rings. The van der Waals surface area contributed by atoms with Crippen LogP contribution in [-0.2, 0) is 19.2 Å². The van der Waals surface area contributed by atoms with Gasteiger partial charge >= 0.3 is 0 Å². The van der Waals surface area contributed by atoms with Crippen molar-refractivity contribution in [2.45, 2.75) is 52.5 Å². The highest BCUT2D eigenvalue weighted by atomic mass is 16.2. The van der Waals surface area contributed by atoms with Crippen molar-refractivity contribution < 1.29 is 19.2 Å². The maximum absolute atomic E-state index is 12.0. The molecule has 0 aromatic heterocycles. The van der Waals surface area contributed by atoms with Crippen LogP contribution in [0.4, 0.5) is 0 Å². The lowest BCUT2D eigenvalue weighted by atomic mass is 10.0. The lowest BCUT2D eigenvalue weighted by molar-refractivity contribution is -0.124. The molecule has 0 saturated carbocycles. The molecule has 0 saturated heterocycles. The third-order valence-electron chi connectivity index (χ3n) is 3.88. The van der Waals surface area contributed by atoms with E-state index in [0.29, 0.717) is 38.8 Å². The average Bonchev–Trinajstić information content (AvgIpc) is 2.59. The minimum absolute atomic E-state index is 0.00296. The van der Waals surface area contributed by atoms with E-state index in [2.05, 4.69) is 21.3 Å². The molecule has 0 radical (unpaired) electrons. The normalized spacial score (nSPS) is 11.9. The van der Waals surface area contributed by atoms with Gasteiger partial charge in [-0.1, -0.05) is 13.8 Å². The van der Waals surface area contributed by atoms with Gasteiger partial charge in [0.25, 0.3) is 0 Å². The van der Waals surface area contributed by atoms with E-state index in [4.69, 9.17) is 0 Å². The molecule has 8 nitrogen and oxygen atoms in total. The third kappa shape index (κ3) is 12.5. The second-order valence-corrected chi connectivity index (χ2v) is 6.63. The summed E-state index contributed by atoms with van der Waals surface area (Å²) in [5.41, 5.74) is 0. The smallest absolute Gasteiger partial charge is 0.233 e. The quantitative estimate of drug-likeness (QED) is 0.296. The van der Waals surface area contributed by atoms with Crippen LogP contribution in [0.3, 0.4) is 0 Å². The Labute approximate surface area is 156 Å². The predicted octanol–water partition coefficient (Wildman–Crippen LogP) is -0.229. The van der Waals surface area contributed by atoms with E-state index in [1.54, 1.807) is 14.0 Å². The van der Waals surface area contributed by atoms with Gasteiger partial charge in [0, 0.05) is 31.8 Å². The summed E-state index contributed by atoms with van der Waals surface area (Å²) in [6.07, 6.45) is 1.99. The summed E-state index contributed by atoms with van der Waals surface area (Å²) in [4.78, 5) is 46.4. The number of ketones is 2. The molecule has 0 aromatic carbocycles. The van der Waals surface area contributed by atoms with E-state index >= 15 is 0 Å². The molecular formula is C18H34N4O4. The minimum atomic E-state index is -0.420. The van der Waals surface area contributed by atoms with Crippen molar-refractivity contribution in [1.82, 2.24) is 21.3 Å². The molecule has 0 aliphatic heterocycles. The van der Waals surface area contributed by atoms with Gasteiger partial charge in [-0.25, -0.2) is 0 Å². The Balaban J connectivity index is 3.76. The first kappa shape index (κ1) is 24.2. The summed E-state index contributed by atoms with van der Waals surface area (Å²) in [5, 5.41) is 11.1. The van der Waals surface area contributed by atoms with Crippen molar-refractivity contribution in [3.8, 4) is 0 Å². The molecule has 1 atom stereocenters. The molecule has 0 fully saturated rings. The van der Waals surface area contributed by atoms with E-state index in [1.807, 2.05) is 13.8 Å². The monoisotopic (exact) mass is 370 g/mol. The number of hydrogen-bond donors (Lipinski definition) is 4. The highest BCUT2D eigenvalue weighted by Crippen LogP contribution is 2.00. The number of hydrogen-bond acceptors (Lipinski definition) is 6. The SMILES string of the molecule is CNCC(=O)NCCCC(=O)C(C)NCC(=O)NCCCC(=O)C(C)C. The number of rotatable bonds is 15. The standard InChI is InChI=1S/C18H34N4O4/c1-13(2)15(23)7-5-9-21-18(26)12-22-14(3)16(24)8-6-10-20-17(25)11-19-4/h13-14,19,22H,5-12H2,1-4H3,(H,20,25)(H,21,26). The van der Waals surface area contributed by atoms with Gasteiger partial charge in [0.05, 0.1) is 19.1 Å². The number of nitrogens with one attached hydrogen (secondary N) is 4. The summed E-state index contributed by atoms with van der Waals surface area (Å²) >= 11 is 0. The molecule has 0 bridgehead atoms. The Kier molecular flexibility index (Phi) is 13.4. The number of Topliss-reactive ketones (excluding diaryl/α,β-unsaturated/α-hetero) is 2. The lowest BCUT2D eigenvalue weighted by Gasteiger charge is -2.13. The maximum atomic E-state index is 12.0. The molecular weight excluding hydrogens is 336 g/mol. The Morgan fingerprint density at radius 2 is 1.27 bits per heavy atom. The first-order valence-electron chi connectivity index (χ1n) is 9.24. The summed E-state index contributed by atoms with van der Waals surface area (Å²) in [7, 11) is 1.69. The van der Waals surface area contributed by atoms with Crippen LogP contribution in [-0.4, -0.2) is 62.6 Å². The largest absolute Gasteiger partial charge is 0.355 e. The van der Waals surface area contributed by atoms with Crippen LogP contribution >= 0.6 is 0 Å². The predicted molar refractivity (Wildman–Crippen MR) is 101 cm³/mol. The topological polar surface area (TPSA) is 116 Å². The van der Waals surface area contributed by atoms with Crippen LogP contribution in [0.15, 0.2) is 0 Å². The number of carbonyl (C=O) groups excluding carboxylic acids is 4. The van der Waals surface area contributed by atoms with Gasteiger partial charge in [-0.2, -0.15) is 0 Å². The van der Waals surface area contributed by atoms with Crippen LogP contribution in [0.5, 0.6) is 0 Å². The second-order valence-electron chi connectivity index (χ2n) is 6.63. The average molecular weight is 370 g/mol. The molecule has 0 spiro atoms. The van der Waals surface area contributed by atoms with Crippen LogP contribution in [0.1, 0.15) is 46.5 Å². The fraction of sp³-hybridized carbons (Fsp3) is 0.778. The van der Waals surface area contributed by atoms with Crippen LogP contribution in [0.2, 0.25) is 0 Å². The first-order chi connectivity index (χ1) is 12.3. The Morgan fingerprint density at radius 3 is 1.77 bits per heavy atom. The summed E-state index contributed by atoms with van der Waals surface area (Å²) in [6.45, 7) is 6.66. The molecule has 150 valence electrons. The Morgan fingerprint density at radius 1 is 0.769 bits per heavy atom. The molecule has 0 rings (SSSR count). The van der Waals surface area contributed by atoms with Crippen molar-refractivity contribution in [1.29, 1.82) is 0 Å². The molecule has 1 unspecified atom stereocenters. The zero-order valence-corrected chi connectivity index (χ0v) is 16.4. The zero-order chi connectivity index (χ0) is 19.9. The van der Waals surface area contributed by atoms with Crippen LogP contribution in [0, 0.1) is 5.92 Å². The first-order valence-corrected chi connectivity index (χ1v) is 9.24. The Bertz CT molecular complexity index is 466. The van der Waals surface area contributed by atoms with Crippen molar-refractivity contribution >= 4 is 23.4 Å². The third-order valence-corrected chi connectivity index (χ3v) is 3.88.